The highest BCUT2D eigenvalue weighted by Crippen LogP contribution is 2.37. The van der Waals surface area contributed by atoms with E-state index in [2.05, 4.69) is 24.8 Å². The van der Waals surface area contributed by atoms with E-state index in [0.29, 0.717) is 22.0 Å². The van der Waals surface area contributed by atoms with Crippen LogP contribution in [0.25, 0.3) is 0 Å². The number of anilines is 2. The van der Waals surface area contributed by atoms with E-state index in [1.165, 1.54) is 11.3 Å². The summed E-state index contributed by atoms with van der Waals surface area (Å²) < 4.78 is 0. The summed E-state index contributed by atoms with van der Waals surface area (Å²) in [4.78, 5) is 2.53. The maximum absolute atomic E-state index is 9.13. The summed E-state index contributed by atoms with van der Waals surface area (Å²) in [6, 6.07) is 4.14. The van der Waals surface area contributed by atoms with Crippen LogP contribution in [-0.4, -0.2) is 13.1 Å². The fraction of sp³-hybridized carbons (Fsp3) is 0.500. The van der Waals surface area contributed by atoms with Crippen LogP contribution in [0.2, 0.25) is 0 Å². The molecule has 0 aliphatic rings. The molecule has 0 bridgehead atoms. The molecule has 1 heterocycles. The van der Waals surface area contributed by atoms with E-state index < -0.39 is 0 Å². The second kappa shape index (κ2) is 5.56. The SMILES string of the molecule is CCN(CC(C)C)c1sc(C#N)c(N)c1C#N. The van der Waals surface area contributed by atoms with E-state index in [1.807, 2.05) is 13.0 Å². The predicted octanol–water partition coefficient (Wildman–Crippen LogP) is 2.56. The van der Waals surface area contributed by atoms with Gasteiger partial charge >= 0.3 is 0 Å². The molecular formula is C12H16N4S. The van der Waals surface area contributed by atoms with E-state index in [0.717, 1.165) is 18.1 Å². The van der Waals surface area contributed by atoms with E-state index in [-0.39, 0.29) is 0 Å². The smallest absolute Gasteiger partial charge is 0.131 e. The van der Waals surface area contributed by atoms with E-state index in [9.17, 15) is 0 Å². The average molecular weight is 248 g/mol. The first-order valence-electron chi connectivity index (χ1n) is 5.52. The molecule has 1 aromatic rings. The molecule has 0 atom stereocenters. The highest BCUT2D eigenvalue weighted by atomic mass is 32.1. The Morgan fingerprint density at radius 1 is 1.35 bits per heavy atom. The zero-order valence-corrected chi connectivity index (χ0v) is 11.1. The molecule has 1 aromatic heterocycles. The molecule has 4 nitrogen and oxygen atoms in total. The molecule has 0 aliphatic heterocycles. The molecule has 2 N–H and O–H groups in total. The lowest BCUT2D eigenvalue weighted by atomic mass is 10.2. The zero-order valence-electron chi connectivity index (χ0n) is 10.3. The molecule has 0 amide bonds. The lowest BCUT2D eigenvalue weighted by molar-refractivity contribution is 0.621. The standard InChI is InChI=1S/C12H16N4S/c1-4-16(7-8(2)3)12-9(5-13)11(15)10(6-14)17-12/h8H,4,7,15H2,1-3H3. The van der Waals surface area contributed by atoms with Crippen molar-refractivity contribution in [3.63, 3.8) is 0 Å². The van der Waals surface area contributed by atoms with Crippen molar-refractivity contribution in [2.45, 2.75) is 20.8 Å². The van der Waals surface area contributed by atoms with Gasteiger partial charge in [0.2, 0.25) is 0 Å². The van der Waals surface area contributed by atoms with Gasteiger partial charge in [-0.3, -0.25) is 0 Å². The van der Waals surface area contributed by atoms with Crippen molar-refractivity contribution in [2.24, 2.45) is 5.92 Å². The molecule has 0 spiro atoms. The summed E-state index contributed by atoms with van der Waals surface area (Å²) in [5, 5.41) is 18.9. The summed E-state index contributed by atoms with van der Waals surface area (Å²) in [6.07, 6.45) is 0. The van der Waals surface area contributed by atoms with Crippen LogP contribution >= 0.6 is 11.3 Å². The molecule has 1 rings (SSSR count). The van der Waals surface area contributed by atoms with Crippen molar-refractivity contribution in [2.75, 3.05) is 23.7 Å². The Hall–Kier alpha value is -1.72. The zero-order chi connectivity index (χ0) is 13.0. The number of thiophene rings is 1. The van der Waals surface area contributed by atoms with Gasteiger partial charge < -0.3 is 10.6 Å². The maximum Gasteiger partial charge on any atom is 0.131 e. The third kappa shape index (κ3) is 2.69. The first-order valence-corrected chi connectivity index (χ1v) is 6.34. The van der Waals surface area contributed by atoms with Crippen LogP contribution in [0.1, 0.15) is 31.2 Å². The van der Waals surface area contributed by atoms with Gasteiger partial charge in [0.15, 0.2) is 0 Å². The molecule has 90 valence electrons. The lowest BCUT2D eigenvalue weighted by Gasteiger charge is -2.23. The van der Waals surface area contributed by atoms with Crippen LogP contribution in [0.4, 0.5) is 10.7 Å². The summed E-state index contributed by atoms with van der Waals surface area (Å²) >= 11 is 1.30. The number of hydrogen-bond donors (Lipinski definition) is 1. The summed E-state index contributed by atoms with van der Waals surface area (Å²) in [7, 11) is 0. The van der Waals surface area contributed by atoms with E-state index in [4.69, 9.17) is 16.3 Å². The third-order valence-electron chi connectivity index (χ3n) is 2.39. The topological polar surface area (TPSA) is 76.8 Å². The summed E-state index contributed by atoms with van der Waals surface area (Å²) in [5.74, 6) is 0.496. The average Bonchev–Trinajstić information content (AvgIpc) is 2.62. The third-order valence-corrected chi connectivity index (χ3v) is 3.57. The summed E-state index contributed by atoms with van der Waals surface area (Å²) in [6.45, 7) is 7.94. The van der Waals surface area contributed by atoms with Crippen LogP contribution in [0, 0.1) is 28.6 Å². The van der Waals surface area contributed by atoms with Gasteiger partial charge in [-0.25, -0.2) is 0 Å². The summed E-state index contributed by atoms with van der Waals surface area (Å²) in [5.41, 5.74) is 6.54. The fourth-order valence-electron chi connectivity index (χ4n) is 1.64. The van der Waals surface area contributed by atoms with Crippen LogP contribution in [0.5, 0.6) is 0 Å². The molecule has 0 saturated carbocycles. The molecule has 0 aromatic carbocycles. The molecule has 0 aliphatic carbocycles. The Balaban J connectivity index is 3.21. The Morgan fingerprint density at radius 2 is 2.00 bits per heavy atom. The quantitative estimate of drug-likeness (QED) is 0.888. The van der Waals surface area contributed by atoms with Crippen LogP contribution in [0.15, 0.2) is 0 Å². The van der Waals surface area contributed by atoms with Crippen molar-refractivity contribution in [3.8, 4) is 12.1 Å². The monoisotopic (exact) mass is 248 g/mol. The minimum atomic E-state index is 0.317. The molecule has 0 radical (unpaired) electrons. The van der Waals surface area contributed by atoms with Crippen LogP contribution in [0.3, 0.4) is 0 Å². The van der Waals surface area contributed by atoms with Gasteiger partial charge in [-0.05, 0) is 12.8 Å². The van der Waals surface area contributed by atoms with Gasteiger partial charge in [-0.1, -0.05) is 13.8 Å². The van der Waals surface area contributed by atoms with E-state index >= 15 is 0 Å². The second-order valence-corrected chi connectivity index (χ2v) is 5.18. The highest BCUT2D eigenvalue weighted by molar-refractivity contribution is 7.17. The van der Waals surface area contributed by atoms with Gasteiger partial charge in [-0.2, -0.15) is 10.5 Å². The van der Waals surface area contributed by atoms with Crippen molar-refractivity contribution < 1.29 is 0 Å². The number of nitrogen functional groups attached to an aromatic ring is 1. The highest BCUT2D eigenvalue weighted by Gasteiger charge is 2.20. The van der Waals surface area contributed by atoms with Gasteiger partial charge in [0, 0.05) is 13.1 Å². The molecule has 0 saturated heterocycles. The Bertz CT molecular complexity index is 476. The second-order valence-electron chi connectivity index (χ2n) is 4.18. The predicted molar refractivity (Wildman–Crippen MR) is 70.9 cm³/mol. The van der Waals surface area contributed by atoms with Gasteiger partial charge in [0.25, 0.3) is 0 Å². The molecule has 5 heteroatoms. The number of nitrogens with zero attached hydrogens (tertiary/aromatic N) is 3. The largest absolute Gasteiger partial charge is 0.396 e. The number of nitrogens with two attached hydrogens (primary N) is 1. The van der Waals surface area contributed by atoms with Gasteiger partial charge in [0.1, 0.15) is 27.6 Å². The van der Waals surface area contributed by atoms with Crippen molar-refractivity contribution in [1.82, 2.24) is 0 Å². The fourth-order valence-corrected chi connectivity index (χ4v) is 2.68. The van der Waals surface area contributed by atoms with Gasteiger partial charge in [0.05, 0.1) is 5.69 Å². The number of nitriles is 2. The lowest BCUT2D eigenvalue weighted by Crippen LogP contribution is -2.27. The molecular weight excluding hydrogens is 232 g/mol. The minimum absolute atomic E-state index is 0.317. The number of hydrogen-bond acceptors (Lipinski definition) is 5. The minimum Gasteiger partial charge on any atom is -0.396 e. The molecule has 0 unspecified atom stereocenters. The van der Waals surface area contributed by atoms with Crippen LogP contribution in [-0.2, 0) is 0 Å². The van der Waals surface area contributed by atoms with Crippen molar-refractivity contribution in [1.29, 1.82) is 10.5 Å². The molecule has 17 heavy (non-hydrogen) atoms. The first-order chi connectivity index (χ1) is 8.04. The van der Waals surface area contributed by atoms with Crippen LogP contribution < -0.4 is 10.6 Å². The molecule has 0 fully saturated rings. The maximum atomic E-state index is 9.13. The normalized spacial score (nSPS) is 10.0. The Labute approximate surface area is 106 Å². The van der Waals surface area contributed by atoms with Crippen molar-refractivity contribution in [3.05, 3.63) is 10.4 Å². The van der Waals surface area contributed by atoms with Crippen molar-refractivity contribution >= 4 is 22.0 Å². The van der Waals surface area contributed by atoms with E-state index in [1.54, 1.807) is 0 Å². The number of rotatable bonds is 4. The Morgan fingerprint density at radius 3 is 2.41 bits per heavy atom. The first kappa shape index (κ1) is 13.3. The van der Waals surface area contributed by atoms with Gasteiger partial charge in [-0.15, -0.1) is 11.3 Å². The Kier molecular flexibility index (Phi) is 4.37.